The standard InChI is InChI=1S/C18H26N2O3/c1-14-17(19-9-12-22-14)18(21)20-10-7-15(8-11-20)13-23-16-5-3-2-4-6-16/h2-6,14-15,17,19H,7-13H2,1H3/t14-,17+/m1/s1. The molecule has 5 nitrogen and oxygen atoms in total. The molecule has 1 N–H and O–H groups in total. The highest BCUT2D eigenvalue weighted by Gasteiger charge is 2.33. The largest absolute Gasteiger partial charge is 0.493 e. The van der Waals surface area contributed by atoms with Crippen molar-refractivity contribution in [3.63, 3.8) is 0 Å². The number of hydrogen-bond donors (Lipinski definition) is 1. The first-order chi connectivity index (χ1) is 11.2. The van der Waals surface area contributed by atoms with E-state index in [1.165, 1.54) is 0 Å². The molecule has 0 radical (unpaired) electrons. The molecule has 1 amide bonds. The van der Waals surface area contributed by atoms with Crippen molar-refractivity contribution >= 4 is 5.91 Å². The molecule has 1 aromatic rings. The second-order valence-electron chi connectivity index (χ2n) is 6.40. The Morgan fingerprint density at radius 3 is 2.74 bits per heavy atom. The molecule has 5 heteroatoms. The van der Waals surface area contributed by atoms with Crippen LogP contribution in [0.4, 0.5) is 0 Å². The molecule has 0 bridgehead atoms. The first-order valence-electron chi connectivity index (χ1n) is 8.55. The van der Waals surface area contributed by atoms with Crippen molar-refractivity contribution in [1.29, 1.82) is 0 Å². The predicted octanol–water partition coefficient (Wildman–Crippen LogP) is 1.68. The zero-order chi connectivity index (χ0) is 16.1. The molecule has 0 unspecified atom stereocenters. The van der Waals surface area contributed by atoms with Gasteiger partial charge in [0.25, 0.3) is 0 Å². The number of hydrogen-bond acceptors (Lipinski definition) is 4. The Morgan fingerprint density at radius 1 is 1.30 bits per heavy atom. The lowest BCUT2D eigenvalue weighted by Crippen LogP contribution is -2.57. The summed E-state index contributed by atoms with van der Waals surface area (Å²) in [6.45, 7) is 5.76. The minimum atomic E-state index is -0.194. The SMILES string of the molecule is C[C@H]1OCCN[C@@H]1C(=O)N1CCC(COc2ccccc2)CC1. The maximum Gasteiger partial charge on any atom is 0.242 e. The summed E-state index contributed by atoms with van der Waals surface area (Å²) in [7, 11) is 0. The second kappa shape index (κ2) is 7.79. The van der Waals surface area contributed by atoms with Gasteiger partial charge in [-0.15, -0.1) is 0 Å². The fourth-order valence-corrected chi connectivity index (χ4v) is 3.26. The summed E-state index contributed by atoms with van der Waals surface area (Å²) in [5.74, 6) is 1.62. The molecule has 2 fully saturated rings. The molecule has 2 heterocycles. The lowest BCUT2D eigenvalue weighted by molar-refractivity contribution is -0.141. The van der Waals surface area contributed by atoms with Crippen LogP contribution in [-0.2, 0) is 9.53 Å². The van der Waals surface area contributed by atoms with Crippen LogP contribution in [0, 0.1) is 5.92 Å². The molecule has 3 rings (SSSR count). The van der Waals surface area contributed by atoms with Crippen molar-refractivity contribution < 1.29 is 14.3 Å². The van der Waals surface area contributed by atoms with Crippen molar-refractivity contribution in [1.82, 2.24) is 10.2 Å². The van der Waals surface area contributed by atoms with E-state index in [4.69, 9.17) is 9.47 Å². The number of piperidine rings is 1. The first kappa shape index (κ1) is 16.3. The molecular formula is C18H26N2O3. The van der Waals surface area contributed by atoms with Gasteiger partial charge in [0.1, 0.15) is 11.8 Å². The van der Waals surface area contributed by atoms with Crippen molar-refractivity contribution in [3.05, 3.63) is 30.3 Å². The van der Waals surface area contributed by atoms with Crippen LogP contribution in [0.2, 0.25) is 0 Å². The van der Waals surface area contributed by atoms with Crippen LogP contribution in [0.3, 0.4) is 0 Å². The van der Waals surface area contributed by atoms with Gasteiger partial charge in [-0.3, -0.25) is 4.79 Å². The molecule has 23 heavy (non-hydrogen) atoms. The van der Waals surface area contributed by atoms with Crippen LogP contribution in [0.15, 0.2) is 30.3 Å². The van der Waals surface area contributed by atoms with Gasteiger partial charge in [0, 0.05) is 19.6 Å². The van der Waals surface area contributed by atoms with Crippen LogP contribution < -0.4 is 10.1 Å². The number of benzene rings is 1. The predicted molar refractivity (Wildman–Crippen MR) is 88.4 cm³/mol. The minimum absolute atomic E-state index is 0.0459. The average Bonchev–Trinajstić information content (AvgIpc) is 2.61. The third-order valence-corrected chi connectivity index (χ3v) is 4.74. The van der Waals surface area contributed by atoms with E-state index in [9.17, 15) is 4.79 Å². The highest BCUT2D eigenvalue weighted by atomic mass is 16.5. The Bertz CT molecular complexity index is 500. The van der Waals surface area contributed by atoms with Crippen LogP contribution >= 0.6 is 0 Å². The number of ether oxygens (including phenoxy) is 2. The monoisotopic (exact) mass is 318 g/mol. The van der Waals surface area contributed by atoms with E-state index in [1.54, 1.807) is 0 Å². The van der Waals surface area contributed by atoms with Gasteiger partial charge < -0.3 is 19.7 Å². The number of nitrogens with zero attached hydrogens (tertiary/aromatic N) is 1. The average molecular weight is 318 g/mol. The first-order valence-corrected chi connectivity index (χ1v) is 8.55. The van der Waals surface area contributed by atoms with E-state index in [0.717, 1.165) is 44.8 Å². The van der Waals surface area contributed by atoms with Crippen LogP contribution in [-0.4, -0.2) is 55.8 Å². The fourth-order valence-electron chi connectivity index (χ4n) is 3.26. The Balaban J connectivity index is 1.43. The summed E-state index contributed by atoms with van der Waals surface area (Å²) in [4.78, 5) is 14.6. The summed E-state index contributed by atoms with van der Waals surface area (Å²) in [5.41, 5.74) is 0. The van der Waals surface area contributed by atoms with Crippen LogP contribution in [0.5, 0.6) is 5.75 Å². The van der Waals surface area contributed by atoms with Gasteiger partial charge in [0.2, 0.25) is 5.91 Å². The summed E-state index contributed by atoms with van der Waals surface area (Å²) in [6.07, 6.45) is 1.96. The number of rotatable bonds is 4. The lowest BCUT2D eigenvalue weighted by Gasteiger charge is -2.37. The smallest absolute Gasteiger partial charge is 0.242 e. The number of amides is 1. The Hall–Kier alpha value is -1.59. The van der Waals surface area contributed by atoms with Gasteiger partial charge in [-0.05, 0) is 37.8 Å². The van der Waals surface area contributed by atoms with Gasteiger partial charge in [-0.1, -0.05) is 18.2 Å². The van der Waals surface area contributed by atoms with E-state index < -0.39 is 0 Å². The zero-order valence-corrected chi connectivity index (χ0v) is 13.7. The highest BCUT2D eigenvalue weighted by Crippen LogP contribution is 2.21. The molecule has 1 aromatic carbocycles. The van der Waals surface area contributed by atoms with E-state index in [-0.39, 0.29) is 18.1 Å². The molecular weight excluding hydrogens is 292 g/mol. The molecule has 2 aliphatic heterocycles. The fraction of sp³-hybridized carbons (Fsp3) is 0.611. The van der Waals surface area contributed by atoms with Gasteiger partial charge >= 0.3 is 0 Å². The van der Waals surface area contributed by atoms with Gasteiger partial charge in [-0.2, -0.15) is 0 Å². The molecule has 2 saturated heterocycles. The summed E-state index contributed by atoms with van der Waals surface area (Å²) in [5, 5.41) is 3.28. The minimum Gasteiger partial charge on any atom is -0.493 e. The summed E-state index contributed by atoms with van der Waals surface area (Å²) >= 11 is 0. The molecule has 0 saturated carbocycles. The number of morpholine rings is 1. The Labute approximate surface area is 137 Å². The number of carbonyl (C=O) groups excluding carboxylic acids is 1. The molecule has 2 atom stereocenters. The number of para-hydroxylation sites is 1. The molecule has 0 aliphatic carbocycles. The quantitative estimate of drug-likeness (QED) is 0.918. The van der Waals surface area contributed by atoms with Crippen LogP contribution in [0.1, 0.15) is 19.8 Å². The molecule has 0 spiro atoms. The number of nitrogens with one attached hydrogen (secondary N) is 1. The van der Waals surface area contributed by atoms with E-state index in [1.807, 2.05) is 42.2 Å². The Kier molecular flexibility index (Phi) is 5.51. The third kappa shape index (κ3) is 4.24. The van der Waals surface area contributed by atoms with Gasteiger partial charge in [-0.25, -0.2) is 0 Å². The normalized spacial score (nSPS) is 26.0. The zero-order valence-electron chi connectivity index (χ0n) is 13.7. The number of carbonyl (C=O) groups is 1. The lowest BCUT2D eigenvalue weighted by atomic mass is 9.96. The number of likely N-dealkylation sites (tertiary alicyclic amines) is 1. The van der Waals surface area contributed by atoms with E-state index in [2.05, 4.69) is 5.32 Å². The maximum atomic E-state index is 12.6. The van der Waals surface area contributed by atoms with Crippen molar-refractivity contribution in [2.45, 2.75) is 31.9 Å². The van der Waals surface area contributed by atoms with Crippen molar-refractivity contribution in [2.24, 2.45) is 5.92 Å². The van der Waals surface area contributed by atoms with Crippen molar-refractivity contribution in [2.75, 3.05) is 32.8 Å². The van der Waals surface area contributed by atoms with E-state index in [0.29, 0.717) is 12.5 Å². The van der Waals surface area contributed by atoms with Crippen molar-refractivity contribution in [3.8, 4) is 5.75 Å². The van der Waals surface area contributed by atoms with E-state index >= 15 is 0 Å². The molecule has 0 aromatic heterocycles. The molecule has 2 aliphatic rings. The topological polar surface area (TPSA) is 50.8 Å². The second-order valence-corrected chi connectivity index (χ2v) is 6.40. The third-order valence-electron chi connectivity index (χ3n) is 4.74. The molecule has 126 valence electrons. The summed E-state index contributed by atoms with van der Waals surface area (Å²) in [6, 6.07) is 9.72. The highest BCUT2D eigenvalue weighted by molar-refractivity contribution is 5.82. The van der Waals surface area contributed by atoms with Crippen LogP contribution in [0.25, 0.3) is 0 Å². The summed E-state index contributed by atoms with van der Waals surface area (Å²) < 4.78 is 11.4. The Morgan fingerprint density at radius 2 is 2.04 bits per heavy atom. The van der Waals surface area contributed by atoms with Gasteiger partial charge in [0.05, 0.1) is 19.3 Å². The van der Waals surface area contributed by atoms with Gasteiger partial charge in [0.15, 0.2) is 0 Å². The maximum absolute atomic E-state index is 12.6.